The smallest absolute Gasteiger partial charge is 0.275 e. The predicted molar refractivity (Wildman–Crippen MR) is 154 cm³/mol. The molecule has 0 saturated carbocycles. The summed E-state index contributed by atoms with van der Waals surface area (Å²) in [4.78, 5) is 42.5. The van der Waals surface area contributed by atoms with Crippen LogP contribution in [-0.2, 0) is 31.4 Å². The van der Waals surface area contributed by atoms with Crippen molar-refractivity contribution >= 4 is 18.1 Å². The third kappa shape index (κ3) is 6.16. The Labute approximate surface area is 227 Å². The number of aromatic nitrogens is 2. The van der Waals surface area contributed by atoms with Gasteiger partial charge in [-0.3, -0.25) is 23.9 Å². The number of nitrogens with zero attached hydrogens (tertiary/aromatic N) is 3. The van der Waals surface area contributed by atoms with Crippen LogP contribution in [0.15, 0.2) is 94.5 Å². The van der Waals surface area contributed by atoms with E-state index in [1.165, 1.54) is 20.3 Å². The lowest BCUT2D eigenvalue weighted by atomic mass is 10.00. The molecule has 1 N–H and O–H groups in total. The summed E-state index contributed by atoms with van der Waals surface area (Å²) in [5.74, 6) is -0.309. The summed E-state index contributed by atoms with van der Waals surface area (Å²) in [6.07, 6.45) is 4.33. The molecule has 0 aliphatic carbocycles. The van der Waals surface area contributed by atoms with Crippen LogP contribution in [0.2, 0.25) is 0 Å². The number of rotatable bonds is 7. The second-order valence-electron chi connectivity index (χ2n) is 9.78. The number of fused-ring (bicyclic) bond motifs is 1. The molecule has 7 nitrogen and oxygen atoms in total. The van der Waals surface area contributed by atoms with Crippen molar-refractivity contribution in [1.29, 1.82) is 0 Å². The highest BCUT2D eigenvalue weighted by molar-refractivity contribution is 5.75. The van der Waals surface area contributed by atoms with Crippen molar-refractivity contribution < 1.29 is 4.79 Å². The van der Waals surface area contributed by atoms with E-state index in [4.69, 9.17) is 0 Å². The zero-order valence-electron chi connectivity index (χ0n) is 22.0. The van der Waals surface area contributed by atoms with Crippen molar-refractivity contribution in [2.45, 2.75) is 19.5 Å². The Balaban J connectivity index is 1.41. The molecule has 7 heteroatoms. The summed E-state index contributed by atoms with van der Waals surface area (Å²) in [7, 11) is 1.59. The number of amides is 1. The Morgan fingerprint density at radius 2 is 1.38 bits per heavy atom. The van der Waals surface area contributed by atoms with Gasteiger partial charge >= 0.3 is 0 Å². The maximum Gasteiger partial charge on any atom is 0.275 e. The van der Waals surface area contributed by atoms with Gasteiger partial charge < -0.3 is 9.88 Å². The molecule has 0 unspecified atom stereocenters. The summed E-state index contributed by atoms with van der Waals surface area (Å²) in [5.41, 5.74) is 3.53. The minimum absolute atomic E-state index is 0.168. The number of benzene rings is 3. The largest absolute Gasteiger partial charge is 0.353 e. The fourth-order valence-electron chi connectivity index (χ4n) is 4.96. The second kappa shape index (κ2) is 11.9. The molecule has 0 atom stereocenters. The highest BCUT2D eigenvalue weighted by Crippen LogP contribution is 2.17. The molecule has 0 saturated heterocycles. The molecule has 0 radical (unpaired) electrons. The van der Waals surface area contributed by atoms with E-state index in [0.717, 1.165) is 30.6 Å². The van der Waals surface area contributed by atoms with Crippen molar-refractivity contribution in [2.75, 3.05) is 19.6 Å². The standard InChI is InChI=1S/C32H32N4O3/c1-34-28(20-24-10-4-2-5-11-24)32(39)36(29(31(34)38)21-25-12-6-3-7-13-25)23-30(37)33-17-19-35-18-16-26-14-8-9-15-27(26)22-35/h2-15,20-21H,16-19,22-23H2,1H3,(H,33,37). The molecule has 1 aliphatic heterocycles. The average Bonchev–Trinajstić information content (AvgIpc) is 2.97. The zero-order chi connectivity index (χ0) is 27.2. The van der Waals surface area contributed by atoms with Crippen molar-refractivity contribution in [2.24, 2.45) is 7.05 Å². The van der Waals surface area contributed by atoms with Gasteiger partial charge in [-0.2, -0.15) is 0 Å². The molecule has 3 aromatic carbocycles. The number of carbonyl (C=O) groups is 1. The summed E-state index contributed by atoms with van der Waals surface area (Å²) in [6, 6.07) is 27.1. The Kier molecular flexibility index (Phi) is 7.99. The van der Waals surface area contributed by atoms with Crippen molar-refractivity contribution in [3.8, 4) is 0 Å². The molecule has 198 valence electrons. The number of nitrogens with one attached hydrogen (secondary N) is 1. The van der Waals surface area contributed by atoms with Crippen LogP contribution in [-0.4, -0.2) is 39.6 Å². The number of hydrogen-bond acceptors (Lipinski definition) is 4. The van der Waals surface area contributed by atoms with Crippen LogP contribution in [0.4, 0.5) is 0 Å². The fourth-order valence-corrected chi connectivity index (χ4v) is 4.96. The monoisotopic (exact) mass is 520 g/mol. The summed E-state index contributed by atoms with van der Waals surface area (Å²) in [6.45, 7) is 2.72. The van der Waals surface area contributed by atoms with Gasteiger partial charge in [0.2, 0.25) is 5.91 Å². The van der Waals surface area contributed by atoms with Gasteiger partial charge in [-0.15, -0.1) is 0 Å². The molecule has 1 aliphatic rings. The predicted octanol–water partition coefficient (Wildman–Crippen LogP) is 1.38. The Hall–Kier alpha value is -4.49. The minimum atomic E-state index is -0.397. The first-order valence-electron chi connectivity index (χ1n) is 13.2. The van der Waals surface area contributed by atoms with E-state index in [2.05, 4.69) is 34.5 Å². The van der Waals surface area contributed by atoms with Crippen molar-refractivity contribution in [1.82, 2.24) is 19.4 Å². The molecule has 0 spiro atoms. The third-order valence-corrected chi connectivity index (χ3v) is 7.11. The van der Waals surface area contributed by atoms with E-state index in [1.807, 2.05) is 60.7 Å². The lowest BCUT2D eigenvalue weighted by Crippen LogP contribution is -2.58. The van der Waals surface area contributed by atoms with E-state index >= 15 is 0 Å². The first kappa shape index (κ1) is 26.1. The van der Waals surface area contributed by atoms with Gasteiger partial charge in [0, 0.05) is 33.2 Å². The molecular formula is C32H32N4O3. The van der Waals surface area contributed by atoms with Crippen LogP contribution in [0.5, 0.6) is 0 Å². The Morgan fingerprint density at radius 3 is 2.05 bits per heavy atom. The Bertz CT molecular complexity index is 1710. The zero-order valence-corrected chi connectivity index (χ0v) is 22.0. The number of hydrogen-bond donors (Lipinski definition) is 1. The van der Waals surface area contributed by atoms with E-state index in [-0.39, 0.29) is 28.7 Å². The lowest BCUT2D eigenvalue weighted by Gasteiger charge is -2.28. The van der Waals surface area contributed by atoms with Crippen molar-refractivity contribution in [3.05, 3.63) is 139 Å². The maximum absolute atomic E-state index is 13.7. The van der Waals surface area contributed by atoms with E-state index in [0.29, 0.717) is 13.1 Å². The molecule has 1 amide bonds. The van der Waals surface area contributed by atoms with Gasteiger partial charge in [0.25, 0.3) is 11.1 Å². The maximum atomic E-state index is 13.7. The second-order valence-corrected chi connectivity index (χ2v) is 9.78. The van der Waals surface area contributed by atoms with E-state index < -0.39 is 5.56 Å². The third-order valence-electron chi connectivity index (χ3n) is 7.11. The lowest BCUT2D eigenvalue weighted by molar-refractivity contribution is -0.121. The van der Waals surface area contributed by atoms with Crippen LogP contribution in [0, 0.1) is 0 Å². The summed E-state index contributed by atoms with van der Waals surface area (Å²) < 4.78 is 2.64. The quantitative estimate of drug-likeness (QED) is 0.400. The van der Waals surface area contributed by atoms with Gasteiger partial charge in [0.1, 0.15) is 17.2 Å². The molecule has 0 bridgehead atoms. The Morgan fingerprint density at radius 1 is 0.795 bits per heavy atom. The van der Waals surface area contributed by atoms with Gasteiger partial charge in [-0.25, -0.2) is 0 Å². The highest BCUT2D eigenvalue weighted by Gasteiger charge is 2.16. The molecule has 1 aromatic heterocycles. The average molecular weight is 521 g/mol. The first-order chi connectivity index (χ1) is 19.0. The molecule has 5 rings (SSSR count). The van der Waals surface area contributed by atoms with Crippen LogP contribution in [0.25, 0.3) is 12.2 Å². The molecule has 39 heavy (non-hydrogen) atoms. The number of carbonyl (C=O) groups excluding carboxylic acids is 1. The highest BCUT2D eigenvalue weighted by atomic mass is 16.2. The first-order valence-corrected chi connectivity index (χ1v) is 13.2. The topological polar surface area (TPSA) is 76.3 Å². The molecule has 2 heterocycles. The van der Waals surface area contributed by atoms with Gasteiger partial charge in [-0.05, 0) is 40.8 Å². The van der Waals surface area contributed by atoms with Gasteiger partial charge in [-0.1, -0.05) is 84.9 Å². The van der Waals surface area contributed by atoms with Crippen molar-refractivity contribution in [3.63, 3.8) is 0 Å². The van der Waals surface area contributed by atoms with Crippen LogP contribution in [0.3, 0.4) is 0 Å². The van der Waals surface area contributed by atoms with Gasteiger partial charge in [0.05, 0.1) is 0 Å². The fraction of sp³-hybridized carbons (Fsp3) is 0.219. The normalized spacial score (nSPS) is 14.3. The van der Waals surface area contributed by atoms with E-state index in [9.17, 15) is 14.4 Å². The van der Waals surface area contributed by atoms with Crippen LogP contribution < -0.4 is 27.1 Å². The SMILES string of the molecule is Cn1c(=O)c(=Cc2ccccc2)n(CC(=O)NCCN2CCc3ccccc3C2)c(=O)c1=Cc1ccccc1. The van der Waals surface area contributed by atoms with Gasteiger partial charge in [0.15, 0.2) is 0 Å². The summed E-state index contributed by atoms with van der Waals surface area (Å²) in [5, 5.41) is 3.34. The van der Waals surface area contributed by atoms with E-state index in [1.54, 1.807) is 19.2 Å². The summed E-state index contributed by atoms with van der Waals surface area (Å²) >= 11 is 0. The minimum Gasteiger partial charge on any atom is -0.353 e. The van der Waals surface area contributed by atoms with Crippen LogP contribution in [0.1, 0.15) is 22.3 Å². The molecule has 4 aromatic rings. The molecule has 0 fully saturated rings. The van der Waals surface area contributed by atoms with Crippen LogP contribution >= 0.6 is 0 Å². The molecular weight excluding hydrogens is 488 g/mol.